The molecule has 0 unspecified atom stereocenters. The lowest BCUT2D eigenvalue weighted by Crippen LogP contribution is -2.32. The van der Waals surface area contributed by atoms with Crippen LogP contribution in [0, 0.1) is 6.92 Å². The quantitative estimate of drug-likeness (QED) is 0.836. The van der Waals surface area contributed by atoms with Crippen molar-refractivity contribution in [1.82, 2.24) is 14.3 Å². The fourth-order valence-corrected chi connectivity index (χ4v) is 2.27. The van der Waals surface area contributed by atoms with E-state index in [-0.39, 0.29) is 6.03 Å². The van der Waals surface area contributed by atoms with Crippen molar-refractivity contribution in [1.29, 1.82) is 0 Å². The summed E-state index contributed by atoms with van der Waals surface area (Å²) >= 11 is 0. The highest BCUT2D eigenvalue weighted by molar-refractivity contribution is 5.88. The number of hydrogen-bond acceptors (Lipinski definition) is 2. The fourth-order valence-electron chi connectivity index (χ4n) is 2.27. The number of pyridine rings is 1. The van der Waals surface area contributed by atoms with Gasteiger partial charge in [-0.3, -0.25) is 5.32 Å². The molecule has 1 aliphatic rings. The van der Waals surface area contributed by atoms with Crippen LogP contribution in [-0.4, -0.2) is 33.4 Å². The molecular weight excluding hydrogens is 228 g/mol. The lowest BCUT2D eigenvalue weighted by molar-refractivity contribution is 0.222. The van der Waals surface area contributed by atoms with E-state index < -0.39 is 0 Å². The van der Waals surface area contributed by atoms with Crippen LogP contribution in [0.4, 0.5) is 10.6 Å². The van der Waals surface area contributed by atoms with E-state index >= 15 is 0 Å². The number of carbonyl (C=O) groups is 1. The number of nitrogens with one attached hydrogen (secondary N) is 1. The Labute approximate surface area is 105 Å². The summed E-state index contributed by atoms with van der Waals surface area (Å²) in [4.78, 5) is 18.1. The smallest absolute Gasteiger partial charge is 0.323 e. The van der Waals surface area contributed by atoms with Gasteiger partial charge >= 0.3 is 6.03 Å². The number of likely N-dealkylation sites (tertiary alicyclic amines) is 1. The van der Waals surface area contributed by atoms with Gasteiger partial charge in [-0.2, -0.15) is 0 Å². The van der Waals surface area contributed by atoms with Gasteiger partial charge in [0, 0.05) is 19.3 Å². The predicted molar refractivity (Wildman–Crippen MR) is 69.8 cm³/mol. The number of anilines is 1. The van der Waals surface area contributed by atoms with Crippen molar-refractivity contribution in [3.05, 3.63) is 30.1 Å². The number of aryl methyl sites for hydroxylation is 1. The third-order valence-corrected chi connectivity index (χ3v) is 3.23. The summed E-state index contributed by atoms with van der Waals surface area (Å²) in [5.74, 6) is 0.609. The molecule has 0 aromatic carbocycles. The van der Waals surface area contributed by atoms with E-state index in [2.05, 4.69) is 10.3 Å². The Bertz CT molecular complexity index is 584. The van der Waals surface area contributed by atoms with Crippen molar-refractivity contribution < 1.29 is 4.79 Å². The van der Waals surface area contributed by atoms with Crippen molar-refractivity contribution in [2.75, 3.05) is 18.4 Å². The molecule has 3 rings (SSSR count). The molecule has 1 fully saturated rings. The normalized spacial score (nSPS) is 15.3. The van der Waals surface area contributed by atoms with Crippen molar-refractivity contribution in [3.8, 4) is 0 Å². The van der Waals surface area contributed by atoms with Crippen LogP contribution in [0.1, 0.15) is 18.4 Å². The minimum absolute atomic E-state index is 0.0485. The third-order valence-electron chi connectivity index (χ3n) is 3.23. The predicted octanol–water partition coefficient (Wildman–Crippen LogP) is 2.27. The first-order valence-electron chi connectivity index (χ1n) is 6.24. The first-order chi connectivity index (χ1) is 8.72. The molecule has 3 heterocycles. The van der Waals surface area contributed by atoms with Gasteiger partial charge in [0.2, 0.25) is 0 Å². The van der Waals surface area contributed by atoms with Crippen LogP contribution in [0.3, 0.4) is 0 Å². The monoisotopic (exact) mass is 244 g/mol. The third kappa shape index (κ3) is 2.03. The van der Waals surface area contributed by atoms with Crippen molar-refractivity contribution >= 4 is 17.5 Å². The van der Waals surface area contributed by atoms with Gasteiger partial charge in [0.1, 0.15) is 5.65 Å². The lowest BCUT2D eigenvalue weighted by atomic mass is 10.3. The number of fused-ring (bicyclic) bond motifs is 1. The number of aromatic nitrogens is 2. The molecule has 1 N–H and O–H groups in total. The van der Waals surface area contributed by atoms with Gasteiger partial charge in [-0.05, 0) is 31.4 Å². The number of rotatable bonds is 1. The minimum Gasteiger partial charge on any atom is -0.324 e. The van der Waals surface area contributed by atoms with Crippen LogP contribution in [0.2, 0.25) is 0 Å². The second-order valence-corrected chi connectivity index (χ2v) is 4.72. The van der Waals surface area contributed by atoms with Gasteiger partial charge in [0.05, 0.1) is 6.20 Å². The van der Waals surface area contributed by atoms with Crippen LogP contribution in [0.15, 0.2) is 24.5 Å². The second kappa shape index (κ2) is 4.33. The molecule has 2 amide bonds. The molecule has 5 heteroatoms. The van der Waals surface area contributed by atoms with E-state index in [1.165, 1.54) is 0 Å². The Kier molecular flexibility index (Phi) is 2.66. The largest absolute Gasteiger partial charge is 0.324 e. The maximum atomic E-state index is 11.9. The first-order valence-corrected chi connectivity index (χ1v) is 6.24. The van der Waals surface area contributed by atoms with E-state index in [9.17, 15) is 4.79 Å². The molecule has 2 aromatic heterocycles. The molecule has 1 aliphatic heterocycles. The summed E-state index contributed by atoms with van der Waals surface area (Å²) in [5.41, 5.74) is 2.01. The van der Waals surface area contributed by atoms with Gasteiger partial charge in [0.25, 0.3) is 0 Å². The number of urea groups is 1. The average molecular weight is 244 g/mol. The van der Waals surface area contributed by atoms with Gasteiger partial charge in [-0.15, -0.1) is 0 Å². The van der Waals surface area contributed by atoms with E-state index in [4.69, 9.17) is 0 Å². The van der Waals surface area contributed by atoms with Crippen molar-refractivity contribution in [2.45, 2.75) is 19.8 Å². The van der Waals surface area contributed by atoms with Gasteiger partial charge in [-0.25, -0.2) is 9.78 Å². The molecule has 2 aromatic rings. The molecule has 0 saturated carbocycles. The Morgan fingerprint density at radius 1 is 1.28 bits per heavy atom. The number of nitrogens with zero attached hydrogens (tertiary/aromatic N) is 3. The van der Waals surface area contributed by atoms with E-state index in [1.807, 2.05) is 40.8 Å². The van der Waals surface area contributed by atoms with E-state index in [0.717, 1.165) is 37.1 Å². The Morgan fingerprint density at radius 3 is 2.83 bits per heavy atom. The van der Waals surface area contributed by atoms with Crippen LogP contribution in [0.5, 0.6) is 0 Å². The SMILES string of the molecule is Cc1ccc2nc(NC(=O)N3CCCC3)cn2c1. The van der Waals surface area contributed by atoms with Gasteiger partial charge in [-0.1, -0.05) is 6.07 Å². The Morgan fingerprint density at radius 2 is 2.06 bits per heavy atom. The summed E-state index contributed by atoms with van der Waals surface area (Å²) < 4.78 is 1.93. The minimum atomic E-state index is -0.0485. The summed E-state index contributed by atoms with van der Waals surface area (Å²) in [6, 6.07) is 3.91. The number of carbonyl (C=O) groups excluding carboxylic acids is 1. The van der Waals surface area contributed by atoms with Crippen LogP contribution >= 0.6 is 0 Å². The number of hydrogen-bond donors (Lipinski definition) is 1. The maximum absolute atomic E-state index is 11.9. The maximum Gasteiger partial charge on any atom is 0.323 e. The van der Waals surface area contributed by atoms with Crippen LogP contribution in [0.25, 0.3) is 5.65 Å². The molecule has 0 aliphatic carbocycles. The average Bonchev–Trinajstić information content (AvgIpc) is 2.95. The summed E-state index contributed by atoms with van der Waals surface area (Å²) in [6.45, 7) is 3.72. The lowest BCUT2D eigenvalue weighted by Gasteiger charge is -2.14. The topological polar surface area (TPSA) is 49.6 Å². The fraction of sp³-hybridized carbons (Fsp3) is 0.385. The molecular formula is C13H16N4O. The standard InChI is InChI=1S/C13H16N4O/c1-10-4-5-12-14-11(9-17(12)8-10)15-13(18)16-6-2-3-7-16/h4-5,8-9H,2-3,6-7H2,1H3,(H,15,18). The molecule has 94 valence electrons. The highest BCUT2D eigenvalue weighted by Gasteiger charge is 2.18. The van der Waals surface area contributed by atoms with Crippen LogP contribution in [-0.2, 0) is 0 Å². The zero-order chi connectivity index (χ0) is 12.5. The molecule has 1 saturated heterocycles. The zero-order valence-corrected chi connectivity index (χ0v) is 10.4. The van der Waals surface area contributed by atoms with Crippen LogP contribution < -0.4 is 5.32 Å². The molecule has 0 bridgehead atoms. The second-order valence-electron chi connectivity index (χ2n) is 4.72. The van der Waals surface area contributed by atoms with E-state index in [0.29, 0.717) is 5.82 Å². The molecule has 5 nitrogen and oxygen atoms in total. The van der Waals surface area contributed by atoms with E-state index in [1.54, 1.807) is 0 Å². The molecule has 0 radical (unpaired) electrons. The summed E-state index contributed by atoms with van der Waals surface area (Å²) in [6.07, 6.45) is 6.03. The molecule has 0 spiro atoms. The molecule has 18 heavy (non-hydrogen) atoms. The summed E-state index contributed by atoms with van der Waals surface area (Å²) in [7, 11) is 0. The number of imidazole rings is 1. The highest BCUT2D eigenvalue weighted by atomic mass is 16.2. The highest BCUT2D eigenvalue weighted by Crippen LogP contribution is 2.13. The van der Waals surface area contributed by atoms with Crippen molar-refractivity contribution in [2.24, 2.45) is 0 Å². The summed E-state index contributed by atoms with van der Waals surface area (Å²) in [5, 5.41) is 2.85. The Balaban J connectivity index is 1.79. The van der Waals surface area contributed by atoms with Gasteiger partial charge in [0.15, 0.2) is 5.82 Å². The first kappa shape index (κ1) is 11.1. The number of amides is 2. The van der Waals surface area contributed by atoms with Crippen molar-refractivity contribution in [3.63, 3.8) is 0 Å². The van der Waals surface area contributed by atoms with Gasteiger partial charge < -0.3 is 9.30 Å². The Hall–Kier alpha value is -2.04. The molecule has 0 atom stereocenters. The zero-order valence-electron chi connectivity index (χ0n) is 10.4.